The Balaban J connectivity index is 2.76. The lowest BCUT2D eigenvalue weighted by atomic mass is 9.72. The normalized spacial score (nSPS) is 17.5. The first-order valence-electron chi connectivity index (χ1n) is 10.1. The van der Waals surface area contributed by atoms with E-state index in [1.165, 1.54) is 0 Å². The van der Waals surface area contributed by atoms with E-state index in [1.54, 1.807) is 0 Å². The first-order chi connectivity index (χ1) is 17.4. The van der Waals surface area contributed by atoms with Gasteiger partial charge in [0, 0.05) is 24.0 Å². The van der Waals surface area contributed by atoms with E-state index >= 15 is 0 Å². The lowest BCUT2D eigenvalue weighted by Crippen LogP contribution is -2.66. The quantitative estimate of drug-likeness (QED) is 0.112. The van der Waals surface area contributed by atoms with Crippen LogP contribution in [0.25, 0.3) is 0 Å². The van der Waals surface area contributed by atoms with Crippen LogP contribution in [-0.2, 0) is 12.8 Å². The van der Waals surface area contributed by atoms with E-state index in [1.807, 2.05) is 0 Å². The molecule has 16 heteroatoms. The van der Waals surface area contributed by atoms with Crippen molar-refractivity contribution in [3.8, 4) is 0 Å². The summed E-state index contributed by atoms with van der Waals surface area (Å²) in [4.78, 5) is 0. The maximum atomic E-state index is 14.3. The Bertz CT molecular complexity index is 1190. The predicted molar refractivity (Wildman–Crippen MR) is 105 cm³/mol. The molecule has 38 heavy (non-hydrogen) atoms. The van der Waals surface area contributed by atoms with Crippen molar-refractivity contribution >= 4 is 0 Å². The van der Waals surface area contributed by atoms with E-state index in [4.69, 9.17) is 5.11 Å². The van der Waals surface area contributed by atoms with Crippen LogP contribution in [0.3, 0.4) is 0 Å². The Morgan fingerprint density at radius 2 is 0.921 bits per heavy atom. The average Bonchev–Trinajstić information content (AvgIpc) is 2.91. The summed E-state index contributed by atoms with van der Waals surface area (Å²) in [5.41, 5.74) is -11.1. The smallest absolute Gasteiger partial charge is 0.200 e. The standard InChI is InChI=1S/C22H18F10O6/c1-2-21(37,3-6-9(23)13(27)17(31)14(28)10(6)24)20(36)22(38,19(35)8(34)5-33)4-7-11(25)15(29)18(32)16(30)12(7)26/h2,8,19-20,33-38H,1,3-5H2/t8-,19+,20+,21?,22+/m0/s1. The Hall–Kier alpha value is -2.76. The van der Waals surface area contributed by atoms with E-state index < -0.39 is 118 Å². The first kappa shape index (κ1) is 31.5. The molecule has 0 aliphatic carbocycles. The Labute approximate surface area is 206 Å². The average molecular weight is 568 g/mol. The molecule has 6 N–H and O–H groups in total. The predicted octanol–water partition coefficient (Wildman–Crippen LogP) is 1.59. The highest BCUT2D eigenvalue weighted by molar-refractivity contribution is 5.31. The molecule has 2 aromatic carbocycles. The fourth-order valence-electron chi connectivity index (χ4n) is 3.69. The van der Waals surface area contributed by atoms with Crippen molar-refractivity contribution in [2.45, 2.75) is 42.4 Å². The van der Waals surface area contributed by atoms with E-state index in [2.05, 4.69) is 6.58 Å². The number of benzene rings is 2. The molecule has 0 amide bonds. The van der Waals surface area contributed by atoms with Gasteiger partial charge in [0.1, 0.15) is 29.5 Å². The summed E-state index contributed by atoms with van der Waals surface area (Å²) in [6, 6.07) is 0. The Morgan fingerprint density at radius 3 is 1.24 bits per heavy atom. The van der Waals surface area contributed by atoms with Crippen LogP contribution >= 0.6 is 0 Å². The second-order valence-corrected chi connectivity index (χ2v) is 8.23. The van der Waals surface area contributed by atoms with Crippen LogP contribution in [0, 0.1) is 58.2 Å². The molecule has 0 spiro atoms. The molecule has 0 saturated carbocycles. The minimum Gasteiger partial charge on any atom is -0.394 e. The first-order valence-corrected chi connectivity index (χ1v) is 10.1. The lowest BCUT2D eigenvalue weighted by molar-refractivity contribution is -0.219. The maximum Gasteiger partial charge on any atom is 0.200 e. The van der Waals surface area contributed by atoms with E-state index in [0.29, 0.717) is 0 Å². The van der Waals surface area contributed by atoms with Gasteiger partial charge in [-0.25, -0.2) is 43.9 Å². The van der Waals surface area contributed by atoms with Gasteiger partial charge >= 0.3 is 0 Å². The summed E-state index contributed by atoms with van der Waals surface area (Å²) in [5, 5.41) is 61.7. The maximum absolute atomic E-state index is 14.3. The van der Waals surface area contributed by atoms with Crippen LogP contribution in [0.1, 0.15) is 11.1 Å². The summed E-state index contributed by atoms with van der Waals surface area (Å²) in [6.45, 7) is 1.46. The van der Waals surface area contributed by atoms with Crippen molar-refractivity contribution in [2.24, 2.45) is 0 Å². The van der Waals surface area contributed by atoms with Crippen LogP contribution in [0.4, 0.5) is 43.9 Å². The Kier molecular flexibility index (Phi) is 9.23. The second kappa shape index (κ2) is 11.2. The van der Waals surface area contributed by atoms with Gasteiger partial charge in [-0.3, -0.25) is 0 Å². The number of halogens is 10. The molecule has 6 nitrogen and oxygen atoms in total. The molecule has 0 radical (unpaired) electrons. The number of hydrogen-bond donors (Lipinski definition) is 6. The molecule has 0 bridgehead atoms. The lowest BCUT2D eigenvalue weighted by Gasteiger charge is -2.45. The molecule has 2 rings (SSSR count). The van der Waals surface area contributed by atoms with E-state index in [0.717, 1.165) is 0 Å². The molecule has 0 aliphatic heterocycles. The monoisotopic (exact) mass is 568 g/mol. The highest BCUT2D eigenvalue weighted by atomic mass is 19.2. The third kappa shape index (κ3) is 5.11. The van der Waals surface area contributed by atoms with Gasteiger partial charge in [0.15, 0.2) is 46.5 Å². The summed E-state index contributed by atoms with van der Waals surface area (Å²) in [6.07, 6.45) is -12.7. The van der Waals surface area contributed by atoms with Gasteiger partial charge in [-0.1, -0.05) is 6.08 Å². The van der Waals surface area contributed by atoms with Gasteiger partial charge in [0.05, 0.1) is 6.61 Å². The van der Waals surface area contributed by atoms with Crippen molar-refractivity contribution in [1.29, 1.82) is 0 Å². The molecule has 212 valence electrons. The van der Waals surface area contributed by atoms with Gasteiger partial charge in [0.2, 0.25) is 11.6 Å². The van der Waals surface area contributed by atoms with Gasteiger partial charge in [0.25, 0.3) is 0 Å². The topological polar surface area (TPSA) is 121 Å². The Morgan fingerprint density at radius 1 is 0.605 bits per heavy atom. The van der Waals surface area contributed by atoms with Gasteiger partial charge < -0.3 is 30.6 Å². The second-order valence-electron chi connectivity index (χ2n) is 8.23. The number of aliphatic hydroxyl groups excluding tert-OH is 4. The molecule has 0 heterocycles. The molecule has 0 aliphatic rings. The van der Waals surface area contributed by atoms with Crippen molar-refractivity contribution in [3.63, 3.8) is 0 Å². The zero-order valence-electron chi connectivity index (χ0n) is 18.6. The largest absolute Gasteiger partial charge is 0.394 e. The SMILES string of the molecule is C=CC(O)(Cc1c(F)c(F)c(F)c(F)c1F)[C@@H](O)[C@@](O)(Cc1c(F)c(F)c(F)c(F)c1F)[C@H](O)[C@@H](O)CO. The van der Waals surface area contributed by atoms with Crippen LogP contribution in [0.5, 0.6) is 0 Å². The van der Waals surface area contributed by atoms with Crippen LogP contribution in [-0.4, -0.2) is 66.8 Å². The van der Waals surface area contributed by atoms with Crippen molar-refractivity contribution in [1.82, 2.24) is 0 Å². The molecule has 1 unspecified atom stereocenters. The summed E-state index contributed by atoms with van der Waals surface area (Å²) in [5.74, 6) is -25.7. The van der Waals surface area contributed by atoms with E-state index in [9.17, 15) is 69.4 Å². The summed E-state index contributed by atoms with van der Waals surface area (Å²) < 4.78 is 138. The highest BCUT2D eigenvalue weighted by Gasteiger charge is 2.55. The molecule has 5 atom stereocenters. The molecular weight excluding hydrogens is 550 g/mol. The van der Waals surface area contributed by atoms with Crippen LogP contribution < -0.4 is 0 Å². The van der Waals surface area contributed by atoms with Crippen molar-refractivity contribution in [3.05, 3.63) is 82.0 Å². The number of aliphatic hydroxyl groups is 6. The third-order valence-corrected chi connectivity index (χ3v) is 5.89. The van der Waals surface area contributed by atoms with Crippen molar-refractivity contribution < 1.29 is 74.5 Å². The number of rotatable bonds is 10. The minimum absolute atomic E-state index is 0.122. The van der Waals surface area contributed by atoms with Crippen molar-refractivity contribution in [2.75, 3.05) is 6.61 Å². The summed E-state index contributed by atoms with van der Waals surface area (Å²) >= 11 is 0. The van der Waals surface area contributed by atoms with Gasteiger partial charge in [-0.15, -0.1) is 6.58 Å². The molecule has 0 saturated heterocycles. The number of hydrogen-bond acceptors (Lipinski definition) is 6. The van der Waals surface area contributed by atoms with Gasteiger partial charge in [-0.05, 0) is 0 Å². The van der Waals surface area contributed by atoms with Crippen LogP contribution in [0.15, 0.2) is 12.7 Å². The minimum atomic E-state index is -3.87. The van der Waals surface area contributed by atoms with Crippen LogP contribution in [0.2, 0.25) is 0 Å². The third-order valence-electron chi connectivity index (χ3n) is 5.89. The van der Waals surface area contributed by atoms with Gasteiger partial charge in [-0.2, -0.15) is 0 Å². The fraction of sp³-hybridized carbons (Fsp3) is 0.364. The summed E-state index contributed by atoms with van der Waals surface area (Å²) in [7, 11) is 0. The highest BCUT2D eigenvalue weighted by Crippen LogP contribution is 2.37. The molecular formula is C22H18F10O6. The zero-order chi connectivity index (χ0) is 29.5. The fourth-order valence-corrected chi connectivity index (χ4v) is 3.69. The van der Waals surface area contributed by atoms with E-state index in [-0.39, 0.29) is 6.08 Å². The molecule has 2 aromatic rings. The molecule has 0 fully saturated rings. The zero-order valence-corrected chi connectivity index (χ0v) is 18.6. The molecule has 0 aromatic heterocycles.